The summed E-state index contributed by atoms with van der Waals surface area (Å²) in [6.45, 7) is 10.1. The topological polar surface area (TPSA) is 70.3 Å². The maximum atomic E-state index is 5.76. The number of hydrogen-bond acceptors (Lipinski definition) is 5. The zero-order valence-electron chi connectivity index (χ0n) is 12.4. The average molecular weight is 267 g/mol. The highest BCUT2D eigenvalue weighted by atomic mass is 16.5. The lowest BCUT2D eigenvalue weighted by molar-refractivity contribution is 0.0963. The standard InChI is InChI=1S/C14H25N3O2/c1-5-6-7-18-8-9-19-12-10-11(15)16-13(17-12)14(2,3)4/h10H,5-9H2,1-4H3,(H2,15,16,17). The van der Waals surface area contributed by atoms with E-state index in [0.717, 1.165) is 19.4 Å². The van der Waals surface area contributed by atoms with Gasteiger partial charge in [0.1, 0.15) is 18.2 Å². The molecule has 0 amide bonds. The van der Waals surface area contributed by atoms with E-state index >= 15 is 0 Å². The molecule has 108 valence electrons. The number of nitrogens with zero attached hydrogens (tertiary/aromatic N) is 2. The highest BCUT2D eigenvalue weighted by molar-refractivity contribution is 5.34. The fourth-order valence-electron chi connectivity index (χ4n) is 1.41. The van der Waals surface area contributed by atoms with Gasteiger partial charge in [-0.2, -0.15) is 4.98 Å². The first kappa shape index (κ1) is 15.7. The van der Waals surface area contributed by atoms with Gasteiger partial charge < -0.3 is 15.2 Å². The Morgan fingerprint density at radius 3 is 2.53 bits per heavy atom. The second kappa shape index (κ2) is 7.28. The van der Waals surface area contributed by atoms with Crippen LogP contribution in [0, 0.1) is 0 Å². The van der Waals surface area contributed by atoms with E-state index in [-0.39, 0.29) is 5.41 Å². The van der Waals surface area contributed by atoms with E-state index in [9.17, 15) is 0 Å². The van der Waals surface area contributed by atoms with Crippen molar-refractivity contribution in [2.45, 2.75) is 46.0 Å². The first-order valence-corrected chi connectivity index (χ1v) is 6.79. The van der Waals surface area contributed by atoms with Crippen LogP contribution in [0.2, 0.25) is 0 Å². The number of nitrogen functional groups attached to an aromatic ring is 1. The molecule has 19 heavy (non-hydrogen) atoms. The molecule has 0 bridgehead atoms. The molecule has 1 heterocycles. The summed E-state index contributed by atoms with van der Waals surface area (Å²) < 4.78 is 11.0. The molecule has 0 unspecified atom stereocenters. The molecule has 0 atom stereocenters. The average Bonchev–Trinajstić information content (AvgIpc) is 2.32. The van der Waals surface area contributed by atoms with Gasteiger partial charge >= 0.3 is 0 Å². The summed E-state index contributed by atoms with van der Waals surface area (Å²) in [5, 5.41) is 0. The Morgan fingerprint density at radius 2 is 1.89 bits per heavy atom. The van der Waals surface area contributed by atoms with Crippen molar-refractivity contribution >= 4 is 5.82 Å². The van der Waals surface area contributed by atoms with Crippen LogP contribution >= 0.6 is 0 Å². The van der Waals surface area contributed by atoms with E-state index in [1.807, 2.05) is 20.8 Å². The summed E-state index contributed by atoms with van der Waals surface area (Å²) >= 11 is 0. The number of aromatic nitrogens is 2. The van der Waals surface area contributed by atoms with Crippen molar-refractivity contribution in [1.29, 1.82) is 0 Å². The molecule has 1 rings (SSSR count). The highest BCUT2D eigenvalue weighted by Gasteiger charge is 2.18. The Hall–Kier alpha value is -1.36. The van der Waals surface area contributed by atoms with Crippen molar-refractivity contribution in [3.05, 3.63) is 11.9 Å². The third-order valence-electron chi connectivity index (χ3n) is 2.51. The highest BCUT2D eigenvalue weighted by Crippen LogP contribution is 2.21. The van der Waals surface area contributed by atoms with Gasteiger partial charge in [0.25, 0.3) is 0 Å². The molecular formula is C14H25N3O2. The molecule has 0 aromatic carbocycles. The third kappa shape index (κ3) is 5.87. The first-order valence-electron chi connectivity index (χ1n) is 6.79. The van der Waals surface area contributed by atoms with Crippen LogP contribution in [0.25, 0.3) is 0 Å². The van der Waals surface area contributed by atoms with E-state index in [4.69, 9.17) is 15.2 Å². The van der Waals surface area contributed by atoms with E-state index in [1.165, 1.54) is 0 Å². The molecule has 0 spiro atoms. The minimum Gasteiger partial charge on any atom is -0.475 e. The van der Waals surface area contributed by atoms with Crippen LogP contribution in [0.3, 0.4) is 0 Å². The Bertz CT molecular complexity index is 389. The number of nitrogens with two attached hydrogens (primary N) is 1. The maximum Gasteiger partial charge on any atom is 0.218 e. The van der Waals surface area contributed by atoms with Crippen LogP contribution in [0.5, 0.6) is 5.88 Å². The summed E-state index contributed by atoms with van der Waals surface area (Å²) in [7, 11) is 0. The molecule has 0 fully saturated rings. The van der Waals surface area contributed by atoms with Crippen molar-refractivity contribution in [3.63, 3.8) is 0 Å². The van der Waals surface area contributed by atoms with E-state index in [0.29, 0.717) is 30.7 Å². The van der Waals surface area contributed by atoms with Crippen LogP contribution < -0.4 is 10.5 Å². The van der Waals surface area contributed by atoms with Gasteiger partial charge in [-0.1, -0.05) is 34.1 Å². The summed E-state index contributed by atoms with van der Waals surface area (Å²) in [5.41, 5.74) is 5.62. The maximum absolute atomic E-state index is 5.76. The van der Waals surface area contributed by atoms with Crippen molar-refractivity contribution in [1.82, 2.24) is 9.97 Å². The monoisotopic (exact) mass is 267 g/mol. The molecule has 0 saturated carbocycles. The minimum absolute atomic E-state index is 0.148. The summed E-state index contributed by atoms with van der Waals surface area (Å²) in [6, 6.07) is 1.64. The normalized spacial score (nSPS) is 11.6. The predicted molar refractivity (Wildman–Crippen MR) is 76.4 cm³/mol. The Balaban J connectivity index is 2.48. The summed E-state index contributed by atoms with van der Waals surface area (Å²) in [6.07, 6.45) is 2.22. The molecule has 0 aliphatic rings. The lowest BCUT2D eigenvalue weighted by Crippen LogP contribution is -2.18. The van der Waals surface area contributed by atoms with Crippen molar-refractivity contribution < 1.29 is 9.47 Å². The molecule has 0 radical (unpaired) electrons. The molecule has 2 N–H and O–H groups in total. The van der Waals surface area contributed by atoms with Crippen LogP contribution in [-0.2, 0) is 10.2 Å². The van der Waals surface area contributed by atoms with Crippen molar-refractivity contribution in [3.8, 4) is 5.88 Å². The Kier molecular flexibility index (Phi) is 6.02. The number of unbranched alkanes of at least 4 members (excludes halogenated alkanes) is 1. The Morgan fingerprint density at radius 1 is 1.16 bits per heavy atom. The Labute approximate surface area is 115 Å². The SMILES string of the molecule is CCCCOCCOc1cc(N)nc(C(C)(C)C)n1. The lowest BCUT2D eigenvalue weighted by atomic mass is 9.96. The van der Waals surface area contributed by atoms with E-state index in [1.54, 1.807) is 6.07 Å². The smallest absolute Gasteiger partial charge is 0.218 e. The van der Waals surface area contributed by atoms with Gasteiger partial charge in [-0.25, -0.2) is 4.98 Å². The number of rotatable bonds is 7. The van der Waals surface area contributed by atoms with Crippen LogP contribution in [0.4, 0.5) is 5.82 Å². The van der Waals surface area contributed by atoms with Crippen molar-refractivity contribution in [2.24, 2.45) is 0 Å². The van der Waals surface area contributed by atoms with Crippen molar-refractivity contribution in [2.75, 3.05) is 25.6 Å². The molecule has 0 aliphatic heterocycles. The van der Waals surface area contributed by atoms with E-state index < -0.39 is 0 Å². The van der Waals surface area contributed by atoms with Crippen LogP contribution in [0.15, 0.2) is 6.07 Å². The van der Waals surface area contributed by atoms with Gasteiger partial charge in [-0.05, 0) is 6.42 Å². The van der Waals surface area contributed by atoms with Crippen LogP contribution in [0.1, 0.15) is 46.4 Å². The quantitative estimate of drug-likeness (QED) is 0.769. The van der Waals surface area contributed by atoms with Gasteiger partial charge in [0, 0.05) is 18.1 Å². The molecular weight excluding hydrogens is 242 g/mol. The van der Waals surface area contributed by atoms with E-state index in [2.05, 4.69) is 16.9 Å². The second-order valence-corrected chi connectivity index (χ2v) is 5.52. The first-order chi connectivity index (χ1) is 8.93. The van der Waals surface area contributed by atoms with Gasteiger partial charge in [0.2, 0.25) is 5.88 Å². The number of ether oxygens (including phenoxy) is 2. The number of anilines is 1. The molecule has 1 aromatic rings. The second-order valence-electron chi connectivity index (χ2n) is 5.52. The summed E-state index contributed by atoms with van der Waals surface area (Å²) in [5.74, 6) is 1.63. The fourth-order valence-corrected chi connectivity index (χ4v) is 1.41. The lowest BCUT2D eigenvalue weighted by Gasteiger charge is -2.17. The van der Waals surface area contributed by atoms with Crippen LogP contribution in [-0.4, -0.2) is 29.8 Å². The third-order valence-corrected chi connectivity index (χ3v) is 2.51. The molecule has 5 nitrogen and oxygen atoms in total. The van der Waals surface area contributed by atoms with Gasteiger partial charge in [-0.3, -0.25) is 0 Å². The van der Waals surface area contributed by atoms with Gasteiger partial charge in [0.05, 0.1) is 6.61 Å². The van der Waals surface area contributed by atoms with Gasteiger partial charge in [-0.15, -0.1) is 0 Å². The number of hydrogen-bond donors (Lipinski definition) is 1. The minimum atomic E-state index is -0.148. The molecule has 0 saturated heterocycles. The zero-order chi connectivity index (χ0) is 14.3. The molecule has 0 aliphatic carbocycles. The van der Waals surface area contributed by atoms with Gasteiger partial charge in [0.15, 0.2) is 0 Å². The largest absolute Gasteiger partial charge is 0.475 e. The fraction of sp³-hybridized carbons (Fsp3) is 0.714. The molecule has 5 heteroatoms. The predicted octanol–water partition coefficient (Wildman–Crippen LogP) is 2.55. The zero-order valence-corrected chi connectivity index (χ0v) is 12.4. The summed E-state index contributed by atoms with van der Waals surface area (Å²) in [4.78, 5) is 8.60. The molecule has 1 aromatic heterocycles.